The molecule has 4 heteroatoms. The van der Waals surface area contributed by atoms with Crippen molar-refractivity contribution in [1.29, 1.82) is 0 Å². The summed E-state index contributed by atoms with van der Waals surface area (Å²) in [6, 6.07) is 9.13. The van der Waals surface area contributed by atoms with E-state index in [4.69, 9.17) is 0 Å². The first-order valence-electron chi connectivity index (χ1n) is 11.4. The van der Waals surface area contributed by atoms with Crippen LogP contribution < -0.4 is 0 Å². The topological polar surface area (TPSA) is 0 Å². The van der Waals surface area contributed by atoms with Gasteiger partial charge in [0, 0.05) is 11.1 Å². The molecule has 2 aromatic rings. The Hall–Kier alpha value is -2.28. The maximum atomic E-state index is 13.8. The Morgan fingerprint density at radius 3 is 2.42 bits per heavy atom. The van der Waals surface area contributed by atoms with Gasteiger partial charge in [0.05, 0.1) is 5.56 Å². The van der Waals surface area contributed by atoms with Crippen LogP contribution >= 0.6 is 0 Å². The fourth-order valence-electron chi connectivity index (χ4n) is 5.41. The fourth-order valence-corrected chi connectivity index (χ4v) is 5.41. The number of halogens is 4. The quantitative estimate of drug-likeness (QED) is 0.344. The highest BCUT2D eigenvalue weighted by atomic mass is 19.4. The van der Waals surface area contributed by atoms with Crippen molar-refractivity contribution >= 4 is 0 Å². The molecule has 0 unspecified atom stereocenters. The van der Waals surface area contributed by atoms with Crippen LogP contribution in [0.4, 0.5) is 17.6 Å². The second kappa shape index (κ2) is 9.07. The largest absolute Gasteiger partial charge is 0.419 e. The van der Waals surface area contributed by atoms with E-state index >= 15 is 0 Å². The van der Waals surface area contributed by atoms with E-state index in [1.165, 1.54) is 62.1 Å². The zero-order valence-corrected chi connectivity index (χ0v) is 17.9. The van der Waals surface area contributed by atoms with Crippen molar-refractivity contribution in [3.8, 4) is 11.8 Å². The van der Waals surface area contributed by atoms with Gasteiger partial charge in [-0.15, -0.1) is 0 Å². The third-order valence-corrected chi connectivity index (χ3v) is 7.01. The maximum Gasteiger partial charge on any atom is 0.419 e. The van der Waals surface area contributed by atoms with Gasteiger partial charge < -0.3 is 0 Å². The maximum absolute atomic E-state index is 13.8. The first-order chi connectivity index (χ1) is 14.8. The lowest BCUT2D eigenvalue weighted by Gasteiger charge is -2.40. The van der Waals surface area contributed by atoms with Crippen LogP contribution in [0.15, 0.2) is 36.4 Å². The molecule has 4 rings (SSSR count). The lowest BCUT2D eigenvalue weighted by molar-refractivity contribution is -0.140. The van der Waals surface area contributed by atoms with E-state index in [2.05, 4.69) is 30.9 Å². The van der Waals surface area contributed by atoms with Crippen molar-refractivity contribution < 1.29 is 17.6 Å². The van der Waals surface area contributed by atoms with Crippen LogP contribution in [-0.4, -0.2) is 0 Å². The summed E-state index contributed by atoms with van der Waals surface area (Å²) in [5, 5.41) is 0. The molecule has 0 bridgehead atoms. The van der Waals surface area contributed by atoms with Gasteiger partial charge in [-0.1, -0.05) is 44.1 Å². The molecule has 2 aliphatic rings. The van der Waals surface area contributed by atoms with Crippen LogP contribution in [-0.2, 0) is 12.6 Å². The molecule has 0 spiro atoms. The molecule has 164 valence electrons. The highest BCUT2D eigenvalue weighted by molar-refractivity contribution is 5.48. The highest BCUT2D eigenvalue weighted by Crippen LogP contribution is 2.48. The minimum Gasteiger partial charge on any atom is -0.206 e. The number of aryl methyl sites for hydroxylation is 1. The van der Waals surface area contributed by atoms with Crippen molar-refractivity contribution in [3.05, 3.63) is 70.0 Å². The molecule has 0 N–H and O–H groups in total. The van der Waals surface area contributed by atoms with Crippen LogP contribution in [0.25, 0.3) is 0 Å². The molecule has 0 saturated heterocycles. The molecular formula is C27H28F4. The molecule has 0 nitrogen and oxygen atoms in total. The summed E-state index contributed by atoms with van der Waals surface area (Å²) < 4.78 is 51.9. The second-order valence-electron chi connectivity index (χ2n) is 9.08. The average molecular weight is 429 g/mol. The van der Waals surface area contributed by atoms with Gasteiger partial charge in [-0.2, -0.15) is 13.2 Å². The minimum absolute atomic E-state index is 0.244. The Morgan fingerprint density at radius 1 is 0.968 bits per heavy atom. The number of hydrogen-bond donors (Lipinski definition) is 0. The lowest BCUT2D eigenvalue weighted by Crippen LogP contribution is -2.28. The first-order valence-corrected chi connectivity index (χ1v) is 11.4. The SMILES string of the molecule is CCCC[C@@H]1CC[C@@H]2c3ccc(C#Cc4ccc(C(F)(F)F)c(F)c4)cc3CC[C@@H]2C1. The summed E-state index contributed by atoms with van der Waals surface area (Å²) in [4.78, 5) is 0. The Bertz CT molecular complexity index is 993. The van der Waals surface area contributed by atoms with Gasteiger partial charge in [-0.05, 0) is 91.3 Å². The minimum atomic E-state index is -4.69. The predicted octanol–water partition coefficient (Wildman–Crippen LogP) is 7.88. The Morgan fingerprint density at radius 2 is 1.71 bits per heavy atom. The number of rotatable bonds is 3. The predicted molar refractivity (Wildman–Crippen MR) is 115 cm³/mol. The van der Waals surface area contributed by atoms with Crippen LogP contribution in [0.3, 0.4) is 0 Å². The fraction of sp³-hybridized carbons (Fsp3) is 0.481. The molecule has 1 saturated carbocycles. The smallest absolute Gasteiger partial charge is 0.206 e. The number of benzene rings is 2. The molecule has 1 fully saturated rings. The summed E-state index contributed by atoms with van der Waals surface area (Å²) in [5.74, 6) is 6.84. The third kappa shape index (κ3) is 4.97. The molecule has 0 radical (unpaired) electrons. The molecule has 2 aromatic carbocycles. The zero-order valence-electron chi connectivity index (χ0n) is 17.9. The summed E-state index contributed by atoms with van der Waals surface area (Å²) in [6.45, 7) is 2.26. The first kappa shape index (κ1) is 21.9. The molecule has 2 aliphatic carbocycles. The molecule has 0 aliphatic heterocycles. The van der Waals surface area contributed by atoms with Crippen molar-refractivity contribution in [2.24, 2.45) is 11.8 Å². The summed E-state index contributed by atoms with van der Waals surface area (Å²) in [7, 11) is 0. The number of alkyl halides is 3. The van der Waals surface area contributed by atoms with Crippen LogP contribution in [0.2, 0.25) is 0 Å². The molecule has 31 heavy (non-hydrogen) atoms. The number of unbranched alkanes of at least 4 members (excludes halogenated alkanes) is 1. The van der Waals surface area contributed by atoms with Gasteiger partial charge >= 0.3 is 6.18 Å². The van der Waals surface area contributed by atoms with E-state index in [9.17, 15) is 17.6 Å². The molecule has 0 aromatic heterocycles. The third-order valence-electron chi connectivity index (χ3n) is 7.01. The van der Waals surface area contributed by atoms with E-state index < -0.39 is 17.6 Å². The normalized spacial score (nSPS) is 22.8. The van der Waals surface area contributed by atoms with Crippen LogP contribution in [0.1, 0.15) is 85.6 Å². The monoisotopic (exact) mass is 428 g/mol. The zero-order chi connectivity index (χ0) is 22.0. The van der Waals surface area contributed by atoms with E-state index in [1.807, 2.05) is 6.07 Å². The summed E-state index contributed by atoms with van der Waals surface area (Å²) >= 11 is 0. The van der Waals surface area contributed by atoms with Crippen LogP contribution in [0, 0.1) is 29.5 Å². The van der Waals surface area contributed by atoms with E-state index in [-0.39, 0.29) is 5.56 Å². The summed E-state index contributed by atoms with van der Waals surface area (Å²) in [6.07, 6.45) is 5.50. The summed E-state index contributed by atoms with van der Waals surface area (Å²) in [5.41, 5.74) is 2.61. The van der Waals surface area contributed by atoms with E-state index in [0.717, 1.165) is 36.0 Å². The van der Waals surface area contributed by atoms with Gasteiger partial charge in [0.1, 0.15) is 5.82 Å². The van der Waals surface area contributed by atoms with Gasteiger partial charge in [0.2, 0.25) is 0 Å². The van der Waals surface area contributed by atoms with Gasteiger partial charge in [0.15, 0.2) is 0 Å². The van der Waals surface area contributed by atoms with Crippen molar-refractivity contribution in [2.45, 2.75) is 70.4 Å². The molecule has 0 heterocycles. The van der Waals surface area contributed by atoms with Crippen molar-refractivity contribution in [3.63, 3.8) is 0 Å². The molecule has 3 atom stereocenters. The van der Waals surface area contributed by atoms with Crippen molar-refractivity contribution in [1.82, 2.24) is 0 Å². The molecule has 0 amide bonds. The van der Waals surface area contributed by atoms with Crippen LogP contribution in [0.5, 0.6) is 0 Å². The van der Waals surface area contributed by atoms with E-state index in [1.54, 1.807) is 0 Å². The second-order valence-corrected chi connectivity index (χ2v) is 9.08. The molecular weight excluding hydrogens is 400 g/mol. The Labute approximate surface area is 182 Å². The Balaban J connectivity index is 1.48. The van der Waals surface area contributed by atoms with E-state index in [0.29, 0.717) is 5.92 Å². The van der Waals surface area contributed by atoms with Gasteiger partial charge in [-0.3, -0.25) is 0 Å². The number of hydrogen-bond acceptors (Lipinski definition) is 0. The number of fused-ring (bicyclic) bond motifs is 3. The van der Waals surface area contributed by atoms with Gasteiger partial charge in [0.25, 0.3) is 0 Å². The van der Waals surface area contributed by atoms with Gasteiger partial charge in [-0.25, -0.2) is 4.39 Å². The lowest BCUT2D eigenvalue weighted by atomic mass is 9.64. The van der Waals surface area contributed by atoms with Crippen molar-refractivity contribution in [2.75, 3.05) is 0 Å². The Kier molecular flexibility index (Phi) is 6.42. The average Bonchev–Trinajstić information content (AvgIpc) is 2.75. The highest BCUT2D eigenvalue weighted by Gasteiger charge is 2.35. The standard InChI is InChI=1S/C27H28F4/c1-2-3-4-18-7-12-23-21(15-18)10-11-22-16-19(8-13-24(22)23)5-6-20-9-14-25(26(28)17-20)27(29,30)31/h8-9,13-14,16-18,21,23H,2-4,7,10-12,15H2,1H3/t18-,21-,23+/m1/s1.